The SMILES string of the molecule is COC(=O)[C@@]1(c2ccc(Cl)c(Cl)c2)C[C@@H]1/C=C/c1ccccc1. The average molecular weight is 347 g/mol. The van der Waals surface area contributed by atoms with Crippen molar-refractivity contribution in [2.75, 3.05) is 7.11 Å². The molecule has 0 saturated heterocycles. The number of hydrogen-bond acceptors (Lipinski definition) is 2. The minimum absolute atomic E-state index is 0.0902. The molecule has 2 aromatic rings. The molecule has 4 heteroatoms. The molecular weight excluding hydrogens is 331 g/mol. The summed E-state index contributed by atoms with van der Waals surface area (Å²) in [6.07, 6.45) is 4.81. The molecule has 0 aromatic heterocycles. The van der Waals surface area contributed by atoms with Crippen LogP contribution in [0, 0.1) is 5.92 Å². The Labute approximate surface area is 145 Å². The molecule has 0 heterocycles. The first kappa shape index (κ1) is 16.1. The molecular formula is C19H16Cl2O2. The summed E-state index contributed by atoms with van der Waals surface area (Å²) in [5.74, 6) is -0.147. The highest BCUT2D eigenvalue weighted by molar-refractivity contribution is 6.42. The number of hydrogen-bond donors (Lipinski definition) is 0. The molecule has 0 unspecified atom stereocenters. The molecule has 2 nitrogen and oxygen atoms in total. The highest BCUT2D eigenvalue weighted by Gasteiger charge is 2.61. The standard InChI is InChI=1S/C19H16Cl2O2/c1-23-18(22)19(14-9-10-16(20)17(21)11-14)12-15(19)8-7-13-5-3-2-4-6-13/h2-11,15H,12H2,1H3/b8-7+/t15-,19+/m0/s1. The first-order valence-electron chi connectivity index (χ1n) is 7.35. The van der Waals surface area contributed by atoms with Gasteiger partial charge in [0.1, 0.15) is 0 Å². The number of benzene rings is 2. The molecule has 0 N–H and O–H groups in total. The van der Waals surface area contributed by atoms with Crippen LogP contribution in [0.5, 0.6) is 0 Å². The summed E-state index contributed by atoms with van der Waals surface area (Å²) in [6.45, 7) is 0. The van der Waals surface area contributed by atoms with Crippen molar-refractivity contribution in [1.82, 2.24) is 0 Å². The van der Waals surface area contributed by atoms with E-state index in [1.807, 2.05) is 42.5 Å². The van der Waals surface area contributed by atoms with Crippen molar-refractivity contribution in [2.24, 2.45) is 5.92 Å². The Kier molecular flexibility index (Phi) is 4.47. The Morgan fingerprint density at radius 2 is 1.91 bits per heavy atom. The van der Waals surface area contributed by atoms with Gasteiger partial charge in [0.25, 0.3) is 0 Å². The second-order valence-electron chi connectivity index (χ2n) is 5.67. The van der Waals surface area contributed by atoms with Crippen molar-refractivity contribution in [3.8, 4) is 0 Å². The average Bonchev–Trinajstić information content (AvgIpc) is 3.31. The van der Waals surface area contributed by atoms with Gasteiger partial charge in [-0.15, -0.1) is 0 Å². The third-order valence-corrected chi connectivity index (χ3v) is 5.06. The lowest BCUT2D eigenvalue weighted by Crippen LogP contribution is -2.24. The molecule has 1 fully saturated rings. The molecule has 118 valence electrons. The Balaban J connectivity index is 1.90. The van der Waals surface area contributed by atoms with Crippen molar-refractivity contribution in [3.05, 3.63) is 75.8 Å². The van der Waals surface area contributed by atoms with Crippen LogP contribution in [-0.4, -0.2) is 13.1 Å². The second kappa shape index (κ2) is 6.38. The van der Waals surface area contributed by atoms with Gasteiger partial charge in [-0.25, -0.2) is 0 Å². The summed E-state index contributed by atoms with van der Waals surface area (Å²) in [5.41, 5.74) is 1.29. The van der Waals surface area contributed by atoms with Gasteiger partial charge in [-0.05, 0) is 35.6 Å². The lowest BCUT2D eigenvalue weighted by Gasteiger charge is -2.15. The van der Waals surface area contributed by atoms with Gasteiger partial charge in [0, 0.05) is 0 Å². The zero-order valence-corrected chi connectivity index (χ0v) is 14.1. The molecule has 0 spiro atoms. The van der Waals surface area contributed by atoms with E-state index in [1.54, 1.807) is 12.1 Å². The monoisotopic (exact) mass is 346 g/mol. The molecule has 1 aliphatic carbocycles. The zero-order valence-electron chi connectivity index (χ0n) is 12.6. The third-order valence-electron chi connectivity index (χ3n) is 4.32. The van der Waals surface area contributed by atoms with E-state index in [-0.39, 0.29) is 11.9 Å². The molecule has 23 heavy (non-hydrogen) atoms. The normalized spacial score (nSPS) is 23.0. The van der Waals surface area contributed by atoms with E-state index < -0.39 is 5.41 Å². The van der Waals surface area contributed by atoms with E-state index in [9.17, 15) is 4.79 Å². The van der Waals surface area contributed by atoms with Crippen LogP contribution < -0.4 is 0 Å². The van der Waals surface area contributed by atoms with Crippen LogP contribution >= 0.6 is 23.2 Å². The lowest BCUT2D eigenvalue weighted by atomic mass is 9.93. The Hall–Kier alpha value is -1.77. The van der Waals surface area contributed by atoms with Crippen LogP contribution in [0.4, 0.5) is 0 Å². The van der Waals surface area contributed by atoms with Crippen molar-refractivity contribution in [1.29, 1.82) is 0 Å². The lowest BCUT2D eigenvalue weighted by molar-refractivity contribution is -0.144. The van der Waals surface area contributed by atoms with Crippen LogP contribution in [0.2, 0.25) is 10.0 Å². The van der Waals surface area contributed by atoms with Crippen LogP contribution in [0.15, 0.2) is 54.6 Å². The van der Waals surface area contributed by atoms with Gasteiger partial charge >= 0.3 is 5.97 Å². The van der Waals surface area contributed by atoms with Crippen LogP contribution in [0.3, 0.4) is 0 Å². The minimum Gasteiger partial charge on any atom is -0.468 e. The first-order valence-corrected chi connectivity index (χ1v) is 8.10. The van der Waals surface area contributed by atoms with E-state index in [4.69, 9.17) is 27.9 Å². The Morgan fingerprint density at radius 3 is 2.57 bits per heavy atom. The maximum absolute atomic E-state index is 12.4. The van der Waals surface area contributed by atoms with Gasteiger partial charge < -0.3 is 4.74 Å². The van der Waals surface area contributed by atoms with Gasteiger partial charge in [-0.1, -0.05) is 71.8 Å². The number of ether oxygens (including phenoxy) is 1. The van der Waals surface area contributed by atoms with E-state index in [2.05, 4.69) is 6.08 Å². The summed E-state index contributed by atoms with van der Waals surface area (Å²) in [6, 6.07) is 15.3. The maximum Gasteiger partial charge on any atom is 0.316 e. The molecule has 2 aromatic carbocycles. The fourth-order valence-corrected chi connectivity index (χ4v) is 3.25. The van der Waals surface area contributed by atoms with Gasteiger partial charge in [-0.2, -0.15) is 0 Å². The third kappa shape index (κ3) is 3.01. The van der Waals surface area contributed by atoms with E-state index in [0.717, 1.165) is 11.1 Å². The topological polar surface area (TPSA) is 26.3 Å². The molecule has 0 bridgehead atoms. The van der Waals surface area contributed by atoms with E-state index in [1.165, 1.54) is 7.11 Å². The van der Waals surface area contributed by atoms with Crippen molar-refractivity contribution < 1.29 is 9.53 Å². The van der Waals surface area contributed by atoms with Crippen molar-refractivity contribution in [3.63, 3.8) is 0 Å². The predicted octanol–water partition coefficient (Wildman–Crippen LogP) is 5.14. The van der Waals surface area contributed by atoms with E-state index in [0.29, 0.717) is 16.5 Å². The molecule has 1 aliphatic rings. The number of carbonyl (C=O) groups is 1. The summed E-state index contributed by atoms with van der Waals surface area (Å²) < 4.78 is 5.04. The van der Waals surface area contributed by atoms with Crippen LogP contribution in [0.25, 0.3) is 6.08 Å². The highest BCUT2D eigenvalue weighted by atomic mass is 35.5. The number of esters is 1. The summed E-state index contributed by atoms with van der Waals surface area (Å²) in [4.78, 5) is 12.4. The van der Waals surface area contributed by atoms with Crippen LogP contribution in [0.1, 0.15) is 17.5 Å². The van der Waals surface area contributed by atoms with Gasteiger partial charge in [-0.3, -0.25) is 4.79 Å². The number of methoxy groups -OCH3 is 1. The summed E-state index contributed by atoms with van der Waals surface area (Å²) >= 11 is 12.1. The quantitative estimate of drug-likeness (QED) is 0.716. The molecule has 0 radical (unpaired) electrons. The Morgan fingerprint density at radius 1 is 1.17 bits per heavy atom. The highest BCUT2D eigenvalue weighted by Crippen LogP contribution is 2.56. The number of allylic oxidation sites excluding steroid dienone is 1. The Bertz CT molecular complexity index is 755. The molecule has 0 aliphatic heterocycles. The van der Waals surface area contributed by atoms with Crippen molar-refractivity contribution in [2.45, 2.75) is 11.8 Å². The number of rotatable bonds is 4. The van der Waals surface area contributed by atoms with Gasteiger partial charge in [0.2, 0.25) is 0 Å². The summed E-state index contributed by atoms with van der Waals surface area (Å²) in [5, 5.41) is 0.928. The number of halogens is 2. The second-order valence-corrected chi connectivity index (χ2v) is 6.49. The maximum atomic E-state index is 12.4. The first-order chi connectivity index (χ1) is 11.1. The zero-order chi connectivity index (χ0) is 16.4. The number of carbonyl (C=O) groups excluding carboxylic acids is 1. The van der Waals surface area contributed by atoms with Gasteiger partial charge in [0.15, 0.2) is 0 Å². The minimum atomic E-state index is -0.658. The van der Waals surface area contributed by atoms with Crippen LogP contribution in [-0.2, 0) is 14.9 Å². The fraction of sp³-hybridized carbons (Fsp3) is 0.211. The van der Waals surface area contributed by atoms with Crippen molar-refractivity contribution >= 4 is 35.2 Å². The van der Waals surface area contributed by atoms with E-state index >= 15 is 0 Å². The smallest absolute Gasteiger partial charge is 0.316 e. The fourth-order valence-electron chi connectivity index (χ4n) is 2.95. The summed E-state index contributed by atoms with van der Waals surface area (Å²) in [7, 11) is 1.41. The predicted molar refractivity (Wildman–Crippen MR) is 93.7 cm³/mol. The molecule has 2 atom stereocenters. The molecule has 0 amide bonds. The van der Waals surface area contributed by atoms with Gasteiger partial charge in [0.05, 0.1) is 22.6 Å². The molecule has 3 rings (SSSR count). The largest absolute Gasteiger partial charge is 0.468 e. The molecule has 1 saturated carbocycles.